The van der Waals surface area contributed by atoms with Crippen LogP contribution in [0.25, 0.3) is 10.9 Å². The summed E-state index contributed by atoms with van der Waals surface area (Å²) in [7, 11) is 0. The summed E-state index contributed by atoms with van der Waals surface area (Å²) < 4.78 is 5.62. The van der Waals surface area contributed by atoms with Crippen molar-refractivity contribution in [3.63, 3.8) is 0 Å². The minimum absolute atomic E-state index is 0.0343. The summed E-state index contributed by atoms with van der Waals surface area (Å²) >= 11 is 0. The Hall–Kier alpha value is -4.47. The fraction of sp³-hybridized carbons (Fsp3) is 0.343. The van der Waals surface area contributed by atoms with E-state index in [9.17, 15) is 19.5 Å². The van der Waals surface area contributed by atoms with E-state index < -0.39 is 42.0 Å². The summed E-state index contributed by atoms with van der Waals surface area (Å²) in [5.41, 5.74) is 9.79. The van der Waals surface area contributed by atoms with Gasteiger partial charge in [-0.25, -0.2) is 4.79 Å². The van der Waals surface area contributed by atoms with Crippen molar-refractivity contribution in [1.82, 2.24) is 15.6 Å². The van der Waals surface area contributed by atoms with Gasteiger partial charge < -0.3 is 31.2 Å². The van der Waals surface area contributed by atoms with E-state index in [1.54, 1.807) is 0 Å². The van der Waals surface area contributed by atoms with Crippen molar-refractivity contribution in [1.29, 1.82) is 0 Å². The van der Waals surface area contributed by atoms with Gasteiger partial charge in [-0.2, -0.15) is 0 Å². The van der Waals surface area contributed by atoms with Crippen molar-refractivity contribution >= 4 is 28.7 Å². The quantitative estimate of drug-likeness (QED) is 0.132. The molecule has 44 heavy (non-hydrogen) atoms. The van der Waals surface area contributed by atoms with Crippen LogP contribution < -0.4 is 16.4 Å². The molecular formula is C35H42N4O5. The third kappa shape index (κ3) is 9.26. The first-order chi connectivity index (χ1) is 21.2. The number of ether oxygens (including phenoxy) is 1. The number of aryl methyl sites for hydroxylation is 1. The second kappa shape index (κ2) is 15.8. The van der Waals surface area contributed by atoms with Crippen LogP contribution in [0.3, 0.4) is 0 Å². The van der Waals surface area contributed by atoms with Gasteiger partial charge in [0, 0.05) is 29.6 Å². The molecule has 4 rings (SSSR count). The van der Waals surface area contributed by atoms with Crippen molar-refractivity contribution in [2.24, 2.45) is 11.7 Å². The van der Waals surface area contributed by atoms with E-state index in [0.29, 0.717) is 19.3 Å². The molecule has 2 amide bonds. The molecule has 0 aliphatic rings. The van der Waals surface area contributed by atoms with E-state index in [0.717, 1.165) is 27.6 Å². The standard InChI is InChI=1S/C35H42N4O5/c1-23(2)19-30(38-34(42)32(40)28(36)18-17-24-11-5-3-6-12-24)33(41)39-31(35(43)44-22-25-13-7-4-8-14-25)20-26-21-37-29-16-10-9-15-27(26)29/h3-16,21,23,28,30-32,37,40H,17-20,22,36H2,1-2H3,(H,38,42)(H,39,41)/t28-,30+,31+,32+/m1/s1. The lowest BCUT2D eigenvalue weighted by molar-refractivity contribution is -0.149. The molecule has 0 radical (unpaired) electrons. The molecule has 0 aliphatic heterocycles. The molecule has 4 atom stereocenters. The predicted octanol–water partition coefficient (Wildman–Crippen LogP) is 3.79. The van der Waals surface area contributed by atoms with Crippen LogP contribution in [-0.2, 0) is 38.6 Å². The topological polar surface area (TPSA) is 147 Å². The third-order valence-corrected chi connectivity index (χ3v) is 7.55. The summed E-state index contributed by atoms with van der Waals surface area (Å²) in [6, 6.07) is 23.8. The highest BCUT2D eigenvalue weighted by Gasteiger charge is 2.32. The summed E-state index contributed by atoms with van der Waals surface area (Å²) in [6.45, 7) is 3.90. The Labute approximate surface area is 258 Å². The fourth-order valence-electron chi connectivity index (χ4n) is 5.11. The number of hydrogen-bond acceptors (Lipinski definition) is 6. The van der Waals surface area contributed by atoms with Gasteiger partial charge in [-0.05, 0) is 47.9 Å². The molecule has 0 fully saturated rings. The van der Waals surface area contributed by atoms with E-state index in [1.165, 1.54) is 0 Å². The number of esters is 1. The third-order valence-electron chi connectivity index (χ3n) is 7.55. The van der Waals surface area contributed by atoms with Crippen LogP contribution in [-0.4, -0.2) is 52.1 Å². The first kappa shape index (κ1) is 32.4. The van der Waals surface area contributed by atoms with Crippen molar-refractivity contribution in [2.75, 3.05) is 0 Å². The Morgan fingerprint density at radius 3 is 2.14 bits per heavy atom. The van der Waals surface area contributed by atoms with Crippen LogP contribution in [0.15, 0.2) is 91.1 Å². The number of nitrogens with two attached hydrogens (primary N) is 1. The van der Waals surface area contributed by atoms with E-state index in [1.807, 2.05) is 105 Å². The fourth-order valence-corrected chi connectivity index (χ4v) is 5.11. The smallest absolute Gasteiger partial charge is 0.329 e. The number of rotatable bonds is 15. The number of aliphatic hydroxyl groups excluding tert-OH is 1. The Kier molecular flexibility index (Phi) is 11.7. The molecule has 232 valence electrons. The summed E-state index contributed by atoms with van der Waals surface area (Å²) in [5.74, 6) is -1.83. The number of carbonyl (C=O) groups excluding carboxylic acids is 3. The van der Waals surface area contributed by atoms with Gasteiger partial charge in [0.25, 0.3) is 5.91 Å². The maximum Gasteiger partial charge on any atom is 0.329 e. The first-order valence-corrected chi connectivity index (χ1v) is 15.0. The minimum atomic E-state index is -1.50. The second-order valence-corrected chi connectivity index (χ2v) is 11.5. The van der Waals surface area contributed by atoms with Crippen LogP contribution in [0.1, 0.15) is 43.4 Å². The highest BCUT2D eigenvalue weighted by molar-refractivity contribution is 5.92. The van der Waals surface area contributed by atoms with Crippen LogP contribution in [0.2, 0.25) is 0 Å². The van der Waals surface area contributed by atoms with Gasteiger partial charge in [0.1, 0.15) is 24.8 Å². The van der Waals surface area contributed by atoms with Crippen LogP contribution in [0.4, 0.5) is 0 Å². The van der Waals surface area contributed by atoms with Gasteiger partial charge in [0.15, 0.2) is 0 Å². The molecule has 1 heterocycles. The molecule has 9 heteroatoms. The summed E-state index contributed by atoms with van der Waals surface area (Å²) in [6.07, 6.45) is 1.78. The van der Waals surface area contributed by atoms with Crippen molar-refractivity contribution in [2.45, 2.75) is 70.4 Å². The highest BCUT2D eigenvalue weighted by Crippen LogP contribution is 2.20. The number of amides is 2. The number of fused-ring (bicyclic) bond motifs is 1. The van der Waals surface area contributed by atoms with E-state index in [2.05, 4.69) is 15.6 Å². The molecule has 1 aromatic heterocycles. The molecule has 3 aromatic carbocycles. The largest absolute Gasteiger partial charge is 0.459 e. The Morgan fingerprint density at radius 2 is 1.45 bits per heavy atom. The summed E-state index contributed by atoms with van der Waals surface area (Å²) in [5, 5.41) is 17.1. The normalized spacial score (nSPS) is 14.0. The Balaban J connectivity index is 1.45. The predicted molar refractivity (Wildman–Crippen MR) is 170 cm³/mol. The Morgan fingerprint density at radius 1 is 0.841 bits per heavy atom. The van der Waals surface area contributed by atoms with Gasteiger partial charge >= 0.3 is 5.97 Å². The number of nitrogens with one attached hydrogen (secondary N) is 3. The van der Waals surface area contributed by atoms with E-state index in [-0.39, 0.29) is 18.9 Å². The molecule has 4 aromatic rings. The lowest BCUT2D eigenvalue weighted by Crippen LogP contribution is -2.56. The number of hydrogen-bond donors (Lipinski definition) is 5. The van der Waals surface area contributed by atoms with Gasteiger partial charge in [-0.15, -0.1) is 0 Å². The number of para-hydroxylation sites is 1. The number of benzene rings is 3. The zero-order valence-electron chi connectivity index (χ0n) is 25.2. The molecular weight excluding hydrogens is 556 g/mol. The van der Waals surface area contributed by atoms with E-state index >= 15 is 0 Å². The lowest BCUT2D eigenvalue weighted by Gasteiger charge is -2.26. The van der Waals surface area contributed by atoms with Gasteiger partial charge in [0.2, 0.25) is 5.91 Å². The molecule has 9 nitrogen and oxygen atoms in total. The average Bonchev–Trinajstić information content (AvgIpc) is 3.44. The van der Waals surface area contributed by atoms with Gasteiger partial charge in [-0.3, -0.25) is 9.59 Å². The van der Waals surface area contributed by atoms with Crippen LogP contribution in [0.5, 0.6) is 0 Å². The molecule has 0 saturated carbocycles. The van der Waals surface area contributed by atoms with Gasteiger partial charge in [0.05, 0.1) is 0 Å². The molecule has 6 N–H and O–H groups in total. The highest BCUT2D eigenvalue weighted by atomic mass is 16.5. The lowest BCUT2D eigenvalue weighted by atomic mass is 9.99. The SMILES string of the molecule is CC(C)C[C@H](NC(=O)[C@@H](O)[C@H](N)CCc1ccccc1)C(=O)N[C@@H](Cc1c[nH]c2ccccc12)C(=O)OCc1ccccc1. The van der Waals surface area contributed by atoms with Crippen molar-refractivity contribution in [3.05, 3.63) is 108 Å². The molecule has 0 saturated heterocycles. The minimum Gasteiger partial charge on any atom is -0.459 e. The number of aromatic amines is 1. The molecule has 0 aliphatic carbocycles. The van der Waals surface area contributed by atoms with Crippen LogP contribution >= 0.6 is 0 Å². The maximum absolute atomic E-state index is 13.6. The zero-order chi connectivity index (χ0) is 31.5. The number of carbonyl (C=O) groups is 3. The van der Waals surface area contributed by atoms with E-state index in [4.69, 9.17) is 10.5 Å². The molecule has 0 bridgehead atoms. The maximum atomic E-state index is 13.6. The molecule has 0 spiro atoms. The number of aromatic nitrogens is 1. The average molecular weight is 599 g/mol. The van der Waals surface area contributed by atoms with Crippen molar-refractivity contribution in [3.8, 4) is 0 Å². The molecule has 0 unspecified atom stereocenters. The van der Waals surface area contributed by atoms with Crippen molar-refractivity contribution < 1.29 is 24.2 Å². The van der Waals surface area contributed by atoms with Crippen LogP contribution in [0, 0.1) is 5.92 Å². The number of aliphatic hydroxyl groups is 1. The van der Waals surface area contributed by atoms with Gasteiger partial charge in [-0.1, -0.05) is 92.7 Å². The summed E-state index contributed by atoms with van der Waals surface area (Å²) in [4.78, 5) is 43.3. The number of H-pyrrole nitrogens is 1. The first-order valence-electron chi connectivity index (χ1n) is 15.0. The second-order valence-electron chi connectivity index (χ2n) is 11.5. The monoisotopic (exact) mass is 598 g/mol. The zero-order valence-corrected chi connectivity index (χ0v) is 25.2. The Bertz CT molecular complexity index is 1510.